The molecule has 4 nitrogen and oxygen atoms in total. The molecule has 124 valence electrons. The molecular formula is C18H31N3O. The van der Waals surface area contributed by atoms with Crippen molar-refractivity contribution in [2.45, 2.75) is 58.8 Å². The Labute approximate surface area is 135 Å². The molecule has 0 radical (unpaired) electrons. The molecular weight excluding hydrogens is 274 g/mol. The van der Waals surface area contributed by atoms with E-state index >= 15 is 0 Å². The van der Waals surface area contributed by atoms with E-state index in [1.807, 2.05) is 0 Å². The monoisotopic (exact) mass is 305 g/mol. The van der Waals surface area contributed by atoms with Crippen molar-refractivity contribution in [3.8, 4) is 0 Å². The van der Waals surface area contributed by atoms with Crippen LogP contribution in [-0.2, 0) is 17.8 Å². The van der Waals surface area contributed by atoms with Crippen molar-refractivity contribution < 1.29 is 4.74 Å². The number of aromatic nitrogens is 1. The molecule has 2 aliphatic heterocycles. The molecule has 4 heteroatoms. The van der Waals surface area contributed by atoms with E-state index in [2.05, 4.69) is 41.2 Å². The Morgan fingerprint density at radius 3 is 2.86 bits per heavy atom. The van der Waals surface area contributed by atoms with Gasteiger partial charge in [-0.05, 0) is 51.8 Å². The topological polar surface area (TPSA) is 20.6 Å². The fraction of sp³-hybridized carbons (Fsp3) is 0.778. The molecule has 2 atom stereocenters. The van der Waals surface area contributed by atoms with E-state index in [1.165, 1.54) is 49.4 Å². The molecule has 0 N–H and O–H groups in total. The van der Waals surface area contributed by atoms with Gasteiger partial charge >= 0.3 is 0 Å². The van der Waals surface area contributed by atoms with E-state index < -0.39 is 0 Å². The van der Waals surface area contributed by atoms with Crippen LogP contribution in [0.3, 0.4) is 0 Å². The zero-order chi connectivity index (χ0) is 15.7. The van der Waals surface area contributed by atoms with Gasteiger partial charge in [0, 0.05) is 56.8 Å². The molecule has 0 spiro atoms. The minimum absolute atomic E-state index is 0.663. The first kappa shape index (κ1) is 16.0. The summed E-state index contributed by atoms with van der Waals surface area (Å²) < 4.78 is 7.64. The van der Waals surface area contributed by atoms with Gasteiger partial charge in [0.05, 0.1) is 6.61 Å². The summed E-state index contributed by atoms with van der Waals surface area (Å²) in [5.74, 6) is 0. The lowest BCUT2D eigenvalue weighted by atomic mass is 10.1. The average Bonchev–Trinajstić information content (AvgIpc) is 3.03. The number of nitrogens with zero attached hydrogens (tertiary/aromatic N) is 3. The number of methoxy groups -OCH3 is 1. The highest BCUT2D eigenvalue weighted by molar-refractivity contribution is 5.27. The molecule has 1 aromatic rings. The lowest BCUT2D eigenvalue weighted by Gasteiger charge is -2.42. The lowest BCUT2D eigenvalue weighted by molar-refractivity contribution is 0.0539. The summed E-state index contributed by atoms with van der Waals surface area (Å²) >= 11 is 0. The highest BCUT2D eigenvalue weighted by Gasteiger charge is 2.34. The lowest BCUT2D eigenvalue weighted by Crippen LogP contribution is -2.54. The van der Waals surface area contributed by atoms with Gasteiger partial charge in [0.25, 0.3) is 0 Å². The highest BCUT2D eigenvalue weighted by atomic mass is 16.5. The zero-order valence-corrected chi connectivity index (χ0v) is 14.6. The second-order valence-corrected chi connectivity index (χ2v) is 7.11. The first-order chi connectivity index (χ1) is 10.6. The summed E-state index contributed by atoms with van der Waals surface area (Å²) in [6.07, 6.45) is 2.77. The molecule has 0 amide bonds. The van der Waals surface area contributed by atoms with Crippen LogP contribution < -0.4 is 0 Å². The molecule has 2 fully saturated rings. The first-order valence-corrected chi connectivity index (χ1v) is 8.72. The van der Waals surface area contributed by atoms with E-state index in [0.29, 0.717) is 6.04 Å². The zero-order valence-electron chi connectivity index (χ0n) is 14.6. The van der Waals surface area contributed by atoms with Crippen LogP contribution in [0.5, 0.6) is 0 Å². The second kappa shape index (κ2) is 6.73. The van der Waals surface area contributed by atoms with Crippen LogP contribution in [0.2, 0.25) is 0 Å². The van der Waals surface area contributed by atoms with Gasteiger partial charge in [0.2, 0.25) is 0 Å². The molecule has 22 heavy (non-hydrogen) atoms. The SMILES string of the molecule is COCCn1c(C)cc(CN2C[C@@H]3CCCN3C[C@H]2C)c1C. The van der Waals surface area contributed by atoms with E-state index in [9.17, 15) is 0 Å². The quantitative estimate of drug-likeness (QED) is 0.833. The molecule has 2 aliphatic rings. The summed E-state index contributed by atoms with van der Waals surface area (Å²) in [6, 6.07) is 3.84. The Balaban J connectivity index is 1.70. The third kappa shape index (κ3) is 3.10. The molecule has 1 aromatic heterocycles. The highest BCUT2D eigenvalue weighted by Crippen LogP contribution is 2.27. The number of ether oxygens (including phenoxy) is 1. The van der Waals surface area contributed by atoms with Crippen molar-refractivity contribution in [2.75, 3.05) is 33.4 Å². The Morgan fingerprint density at radius 1 is 1.27 bits per heavy atom. The largest absolute Gasteiger partial charge is 0.383 e. The van der Waals surface area contributed by atoms with Gasteiger partial charge in [-0.15, -0.1) is 0 Å². The van der Waals surface area contributed by atoms with Crippen LogP contribution in [0, 0.1) is 13.8 Å². The molecule has 0 bridgehead atoms. The van der Waals surface area contributed by atoms with E-state index in [1.54, 1.807) is 7.11 Å². The number of aryl methyl sites for hydroxylation is 1. The average molecular weight is 305 g/mol. The van der Waals surface area contributed by atoms with Crippen molar-refractivity contribution in [2.24, 2.45) is 0 Å². The van der Waals surface area contributed by atoms with Gasteiger partial charge in [0.15, 0.2) is 0 Å². The fourth-order valence-electron chi connectivity index (χ4n) is 4.25. The third-order valence-electron chi connectivity index (χ3n) is 5.64. The molecule has 3 heterocycles. The van der Waals surface area contributed by atoms with Gasteiger partial charge in [-0.2, -0.15) is 0 Å². The van der Waals surface area contributed by atoms with Crippen LogP contribution in [0.15, 0.2) is 6.07 Å². The number of rotatable bonds is 5. The van der Waals surface area contributed by atoms with Crippen LogP contribution in [-0.4, -0.2) is 59.8 Å². The maximum Gasteiger partial charge on any atom is 0.0641 e. The Hall–Kier alpha value is -0.840. The normalized spacial score (nSPS) is 26.5. The Morgan fingerprint density at radius 2 is 2.09 bits per heavy atom. The summed E-state index contributed by atoms with van der Waals surface area (Å²) in [5.41, 5.74) is 4.26. The van der Waals surface area contributed by atoms with Crippen molar-refractivity contribution in [3.05, 3.63) is 23.0 Å². The van der Waals surface area contributed by atoms with Crippen molar-refractivity contribution in [1.82, 2.24) is 14.4 Å². The van der Waals surface area contributed by atoms with Crippen molar-refractivity contribution >= 4 is 0 Å². The van der Waals surface area contributed by atoms with Crippen LogP contribution in [0.1, 0.15) is 36.7 Å². The fourth-order valence-corrected chi connectivity index (χ4v) is 4.25. The van der Waals surface area contributed by atoms with Gasteiger partial charge < -0.3 is 9.30 Å². The van der Waals surface area contributed by atoms with E-state index in [0.717, 1.165) is 25.7 Å². The summed E-state index contributed by atoms with van der Waals surface area (Å²) in [5, 5.41) is 0. The first-order valence-electron chi connectivity index (χ1n) is 8.72. The Bertz CT molecular complexity index is 511. The van der Waals surface area contributed by atoms with E-state index in [-0.39, 0.29) is 0 Å². The summed E-state index contributed by atoms with van der Waals surface area (Å²) in [4.78, 5) is 5.39. The third-order valence-corrected chi connectivity index (χ3v) is 5.64. The van der Waals surface area contributed by atoms with E-state index in [4.69, 9.17) is 4.74 Å². The second-order valence-electron chi connectivity index (χ2n) is 7.11. The number of piperazine rings is 1. The number of hydrogen-bond acceptors (Lipinski definition) is 3. The predicted octanol–water partition coefficient (Wildman–Crippen LogP) is 2.42. The van der Waals surface area contributed by atoms with Gasteiger partial charge in [-0.1, -0.05) is 0 Å². The molecule has 3 rings (SSSR count). The maximum atomic E-state index is 5.24. The summed E-state index contributed by atoms with van der Waals surface area (Å²) in [7, 11) is 1.78. The Kier molecular flexibility index (Phi) is 4.91. The van der Waals surface area contributed by atoms with Gasteiger partial charge in [-0.25, -0.2) is 0 Å². The van der Waals surface area contributed by atoms with Crippen molar-refractivity contribution in [1.29, 1.82) is 0 Å². The van der Waals surface area contributed by atoms with Crippen LogP contribution in [0.25, 0.3) is 0 Å². The number of fused-ring (bicyclic) bond motifs is 1. The molecule has 0 saturated carbocycles. The van der Waals surface area contributed by atoms with Crippen molar-refractivity contribution in [3.63, 3.8) is 0 Å². The van der Waals surface area contributed by atoms with Crippen LogP contribution >= 0.6 is 0 Å². The maximum absolute atomic E-state index is 5.24. The molecule has 0 unspecified atom stereocenters. The molecule has 0 aliphatic carbocycles. The van der Waals surface area contributed by atoms with Gasteiger partial charge in [0.1, 0.15) is 0 Å². The van der Waals surface area contributed by atoms with Gasteiger partial charge in [-0.3, -0.25) is 9.80 Å². The molecule has 2 saturated heterocycles. The summed E-state index contributed by atoms with van der Waals surface area (Å²) in [6.45, 7) is 13.5. The minimum atomic E-state index is 0.663. The standard InChI is InChI=1S/C18H31N3O/c1-14-10-17(16(3)21(14)8-9-22-4)12-20-13-18-6-5-7-19(18)11-15(20)2/h10,15,18H,5-9,11-13H2,1-4H3/t15-,18+/m1/s1. The smallest absolute Gasteiger partial charge is 0.0641 e. The predicted molar refractivity (Wildman–Crippen MR) is 90.2 cm³/mol. The number of hydrogen-bond donors (Lipinski definition) is 0. The molecule has 0 aromatic carbocycles. The minimum Gasteiger partial charge on any atom is -0.383 e. The van der Waals surface area contributed by atoms with Crippen LogP contribution in [0.4, 0.5) is 0 Å².